The number of alkyl halides is 2. The van der Waals surface area contributed by atoms with Crippen molar-refractivity contribution < 1.29 is 9.53 Å². The highest BCUT2D eigenvalue weighted by molar-refractivity contribution is 6.18. The van der Waals surface area contributed by atoms with Crippen LogP contribution in [0.3, 0.4) is 0 Å². The Bertz CT molecular complexity index is 961. The maximum absolute atomic E-state index is 12.5. The molecule has 1 heterocycles. The molecule has 0 saturated heterocycles. The van der Waals surface area contributed by atoms with Gasteiger partial charge in [0.1, 0.15) is 11.3 Å². The van der Waals surface area contributed by atoms with Crippen LogP contribution in [0.1, 0.15) is 6.42 Å². The van der Waals surface area contributed by atoms with Crippen molar-refractivity contribution in [3.63, 3.8) is 0 Å². The van der Waals surface area contributed by atoms with Gasteiger partial charge in [0.2, 0.25) is 5.91 Å². The topological polar surface area (TPSA) is 67.3 Å². The SMILES string of the molecule is COc1cc(NC(=O)CCN(CCCl)CCCl)c2nc3ccccc3nc2c1. The number of fused-ring (bicyclic) bond motifs is 2. The van der Waals surface area contributed by atoms with Gasteiger partial charge in [-0.15, -0.1) is 23.2 Å². The van der Waals surface area contributed by atoms with E-state index in [1.54, 1.807) is 13.2 Å². The van der Waals surface area contributed by atoms with Gasteiger partial charge in [-0.25, -0.2) is 9.97 Å². The average molecular weight is 421 g/mol. The van der Waals surface area contributed by atoms with Crippen LogP contribution in [-0.4, -0.2) is 59.3 Å². The fourth-order valence-electron chi connectivity index (χ4n) is 2.96. The number of para-hydroxylation sites is 2. The van der Waals surface area contributed by atoms with Gasteiger partial charge in [-0.05, 0) is 12.1 Å². The lowest BCUT2D eigenvalue weighted by Crippen LogP contribution is -2.31. The molecule has 2 aromatic carbocycles. The minimum absolute atomic E-state index is 0.112. The molecule has 1 N–H and O–H groups in total. The summed E-state index contributed by atoms with van der Waals surface area (Å²) in [6.07, 6.45) is 0.327. The summed E-state index contributed by atoms with van der Waals surface area (Å²) < 4.78 is 5.36. The van der Waals surface area contributed by atoms with Crippen LogP contribution in [0.15, 0.2) is 36.4 Å². The number of benzene rings is 2. The van der Waals surface area contributed by atoms with Crippen molar-refractivity contribution in [2.45, 2.75) is 6.42 Å². The van der Waals surface area contributed by atoms with Crippen molar-refractivity contribution in [3.05, 3.63) is 36.4 Å². The number of nitrogens with one attached hydrogen (secondary N) is 1. The highest BCUT2D eigenvalue weighted by Gasteiger charge is 2.13. The predicted octanol–water partition coefficient (Wildman–Crippen LogP) is 3.90. The molecule has 0 bridgehead atoms. The van der Waals surface area contributed by atoms with Gasteiger partial charge in [-0.3, -0.25) is 4.79 Å². The van der Waals surface area contributed by atoms with Crippen LogP contribution >= 0.6 is 23.2 Å². The number of ether oxygens (including phenoxy) is 1. The van der Waals surface area contributed by atoms with E-state index < -0.39 is 0 Å². The van der Waals surface area contributed by atoms with Crippen molar-refractivity contribution in [1.82, 2.24) is 14.9 Å². The zero-order valence-corrected chi connectivity index (χ0v) is 17.1. The largest absolute Gasteiger partial charge is 0.497 e. The van der Waals surface area contributed by atoms with Gasteiger partial charge in [0, 0.05) is 49.9 Å². The number of amides is 1. The number of carbonyl (C=O) groups is 1. The number of carbonyl (C=O) groups excluding carboxylic acids is 1. The molecule has 0 aliphatic rings. The van der Waals surface area contributed by atoms with Crippen molar-refractivity contribution in [2.75, 3.05) is 43.8 Å². The molecule has 0 saturated carbocycles. The van der Waals surface area contributed by atoms with Gasteiger partial charge in [0.15, 0.2) is 0 Å². The zero-order valence-electron chi connectivity index (χ0n) is 15.6. The highest BCUT2D eigenvalue weighted by atomic mass is 35.5. The monoisotopic (exact) mass is 420 g/mol. The van der Waals surface area contributed by atoms with Crippen LogP contribution in [0.2, 0.25) is 0 Å². The number of aromatic nitrogens is 2. The van der Waals surface area contributed by atoms with E-state index in [2.05, 4.69) is 20.2 Å². The molecule has 0 atom stereocenters. The first-order chi connectivity index (χ1) is 13.6. The number of nitrogens with zero attached hydrogens (tertiary/aromatic N) is 3. The van der Waals surface area contributed by atoms with Gasteiger partial charge < -0.3 is 15.0 Å². The Morgan fingerprint density at radius 3 is 2.36 bits per heavy atom. The zero-order chi connectivity index (χ0) is 19.9. The summed E-state index contributed by atoms with van der Waals surface area (Å²) in [5.41, 5.74) is 3.44. The first kappa shape index (κ1) is 20.6. The normalized spacial score (nSPS) is 11.3. The molecule has 0 fully saturated rings. The smallest absolute Gasteiger partial charge is 0.225 e. The summed E-state index contributed by atoms with van der Waals surface area (Å²) in [6, 6.07) is 11.2. The number of anilines is 1. The molecular formula is C20H22Cl2N4O2. The van der Waals surface area contributed by atoms with Crippen molar-refractivity contribution in [1.29, 1.82) is 0 Å². The Morgan fingerprint density at radius 2 is 1.71 bits per heavy atom. The molecule has 0 unspecified atom stereocenters. The molecule has 3 rings (SSSR count). The van der Waals surface area contributed by atoms with Gasteiger partial charge in [0.05, 0.1) is 29.3 Å². The number of hydrogen-bond acceptors (Lipinski definition) is 5. The Hall–Kier alpha value is -2.15. The van der Waals surface area contributed by atoms with E-state index >= 15 is 0 Å². The maximum Gasteiger partial charge on any atom is 0.225 e. The Balaban J connectivity index is 1.84. The Labute approximate surface area is 173 Å². The lowest BCUT2D eigenvalue weighted by Gasteiger charge is -2.19. The fraction of sp³-hybridized carbons (Fsp3) is 0.350. The molecular weight excluding hydrogens is 399 g/mol. The highest BCUT2D eigenvalue weighted by Crippen LogP contribution is 2.28. The molecule has 1 amide bonds. The average Bonchev–Trinajstić information content (AvgIpc) is 2.71. The summed E-state index contributed by atoms with van der Waals surface area (Å²) in [5.74, 6) is 1.50. The number of methoxy groups -OCH3 is 1. The summed E-state index contributed by atoms with van der Waals surface area (Å²) in [5, 5.41) is 2.95. The van der Waals surface area contributed by atoms with E-state index in [1.165, 1.54) is 0 Å². The summed E-state index contributed by atoms with van der Waals surface area (Å²) in [4.78, 5) is 23.9. The third-order valence-corrected chi connectivity index (χ3v) is 4.72. The van der Waals surface area contributed by atoms with Crippen LogP contribution in [0.5, 0.6) is 5.75 Å². The van der Waals surface area contributed by atoms with Crippen molar-refractivity contribution in [2.24, 2.45) is 0 Å². The molecule has 28 heavy (non-hydrogen) atoms. The van der Waals surface area contributed by atoms with Crippen LogP contribution in [0.25, 0.3) is 22.1 Å². The standard InChI is InChI=1S/C20H22Cl2N4O2/c1-28-14-12-17-20(25-16-5-3-2-4-15(16)23-17)18(13-14)24-19(27)6-9-26(10-7-21)11-8-22/h2-5,12-13H,6-11H2,1H3,(H,24,27). The van der Waals surface area contributed by atoms with E-state index in [9.17, 15) is 4.79 Å². The van der Waals surface area contributed by atoms with E-state index in [-0.39, 0.29) is 5.91 Å². The molecule has 6 nitrogen and oxygen atoms in total. The minimum Gasteiger partial charge on any atom is -0.497 e. The van der Waals surface area contributed by atoms with E-state index in [4.69, 9.17) is 27.9 Å². The molecule has 1 aromatic heterocycles. The lowest BCUT2D eigenvalue weighted by atomic mass is 10.2. The van der Waals surface area contributed by atoms with E-state index in [0.717, 1.165) is 11.0 Å². The molecule has 148 valence electrons. The number of halogens is 2. The van der Waals surface area contributed by atoms with Crippen molar-refractivity contribution in [3.8, 4) is 5.75 Å². The number of rotatable bonds is 9. The second-order valence-corrected chi connectivity index (χ2v) is 7.03. The molecule has 0 spiro atoms. The Kier molecular flexibility index (Phi) is 7.25. The fourth-order valence-corrected chi connectivity index (χ4v) is 3.44. The molecule has 3 aromatic rings. The molecule has 8 heteroatoms. The second kappa shape index (κ2) is 9.87. The van der Waals surface area contributed by atoms with Gasteiger partial charge in [-0.1, -0.05) is 12.1 Å². The Morgan fingerprint density at radius 1 is 1.04 bits per heavy atom. The van der Waals surface area contributed by atoms with E-state index in [0.29, 0.717) is 60.3 Å². The summed E-state index contributed by atoms with van der Waals surface area (Å²) in [7, 11) is 1.58. The van der Waals surface area contributed by atoms with Crippen LogP contribution in [0.4, 0.5) is 5.69 Å². The first-order valence-corrected chi connectivity index (χ1v) is 10.1. The minimum atomic E-state index is -0.112. The number of hydrogen-bond donors (Lipinski definition) is 1. The third-order valence-electron chi connectivity index (χ3n) is 4.38. The van der Waals surface area contributed by atoms with Crippen molar-refractivity contribution >= 4 is 56.9 Å². The summed E-state index contributed by atoms with van der Waals surface area (Å²) >= 11 is 11.6. The van der Waals surface area contributed by atoms with E-state index in [1.807, 2.05) is 30.3 Å². The van der Waals surface area contributed by atoms with Gasteiger partial charge in [0.25, 0.3) is 0 Å². The van der Waals surface area contributed by atoms with Crippen LogP contribution in [-0.2, 0) is 4.79 Å². The predicted molar refractivity (Wildman–Crippen MR) is 115 cm³/mol. The molecule has 0 aliphatic carbocycles. The van der Waals surface area contributed by atoms with Gasteiger partial charge >= 0.3 is 0 Å². The molecule has 0 radical (unpaired) electrons. The quantitative estimate of drug-likeness (QED) is 0.419. The molecule has 0 aliphatic heterocycles. The van der Waals surface area contributed by atoms with Crippen LogP contribution in [0, 0.1) is 0 Å². The third kappa shape index (κ3) is 5.01. The lowest BCUT2D eigenvalue weighted by molar-refractivity contribution is -0.116. The first-order valence-electron chi connectivity index (χ1n) is 9.03. The van der Waals surface area contributed by atoms with Crippen LogP contribution < -0.4 is 10.1 Å². The summed E-state index contributed by atoms with van der Waals surface area (Å²) in [6.45, 7) is 1.98. The van der Waals surface area contributed by atoms with Gasteiger partial charge in [-0.2, -0.15) is 0 Å². The maximum atomic E-state index is 12.5. The second-order valence-electron chi connectivity index (χ2n) is 6.27.